The van der Waals surface area contributed by atoms with E-state index in [0.717, 1.165) is 62.5 Å². The van der Waals surface area contributed by atoms with Crippen LogP contribution >= 0.6 is 0 Å². The highest BCUT2D eigenvalue weighted by Gasteiger charge is 2.27. The fourth-order valence-electron chi connectivity index (χ4n) is 3.94. The minimum atomic E-state index is -3.13. The van der Waals surface area contributed by atoms with Crippen LogP contribution < -0.4 is 14.9 Å². The highest BCUT2D eigenvalue weighted by atomic mass is 32.3. The number of fused-ring (bicyclic) bond motifs is 1. The largest absolute Gasteiger partial charge is 0.354 e. The van der Waals surface area contributed by atoms with Crippen LogP contribution in [0.2, 0.25) is 0 Å². The zero-order valence-corrected chi connectivity index (χ0v) is 18.3. The molecule has 0 radical (unpaired) electrons. The number of hydrogen-bond acceptors (Lipinski definition) is 6. The van der Waals surface area contributed by atoms with Gasteiger partial charge in [-0.15, -0.1) is 4.72 Å². The third-order valence-corrected chi connectivity index (χ3v) is 7.07. The number of rotatable bonds is 8. The maximum atomic E-state index is 12.4. The van der Waals surface area contributed by atoms with Gasteiger partial charge in [0, 0.05) is 31.7 Å². The van der Waals surface area contributed by atoms with Gasteiger partial charge in [-0.2, -0.15) is 9.54 Å². The monoisotopic (exact) mass is 431 g/mol. The number of aryl methyl sites for hydroxylation is 1. The van der Waals surface area contributed by atoms with Gasteiger partial charge in [0.1, 0.15) is 5.82 Å². The van der Waals surface area contributed by atoms with Crippen LogP contribution in [0.1, 0.15) is 23.2 Å². The molecule has 2 heterocycles. The Hall–Kier alpha value is -2.07. The molecule has 3 N–H and O–H groups in total. The van der Waals surface area contributed by atoms with Crippen LogP contribution in [-0.2, 0) is 34.0 Å². The number of nitrogens with one attached hydrogen (secondary N) is 2. The number of likely N-dealkylation sites (N-methyl/N-ethyl adjacent to an activating group) is 1. The Kier molecular flexibility index (Phi) is 6.62. The zero-order valence-electron chi connectivity index (χ0n) is 17.5. The summed E-state index contributed by atoms with van der Waals surface area (Å²) in [4.78, 5) is 14.2. The molecule has 162 valence electrons. The molecule has 1 saturated heterocycles. The first-order valence-corrected chi connectivity index (χ1v) is 12.3. The number of hydrogen-bond donors (Lipinski definition) is 3. The van der Waals surface area contributed by atoms with Gasteiger partial charge in [0.25, 0.3) is 10.4 Å². The van der Waals surface area contributed by atoms with Gasteiger partial charge in [0.2, 0.25) is 5.95 Å². The molecule has 30 heavy (non-hydrogen) atoms. The molecule has 2 aromatic rings. The average Bonchev–Trinajstić information content (AvgIpc) is 3.22. The molecule has 8 nitrogen and oxygen atoms in total. The summed E-state index contributed by atoms with van der Waals surface area (Å²) in [6.07, 6.45) is 3.12. The second kappa shape index (κ2) is 9.38. The third kappa shape index (κ3) is 5.34. The predicted molar refractivity (Wildman–Crippen MR) is 121 cm³/mol. The van der Waals surface area contributed by atoms with E-state index in [2.05, 4.69) is 31.9 Å². The van der Waals surface area contributed by atoms with Crippen molar-refractivity contribution in [3.05, 3.63) is 47.2 Å². The maximum Gasteiger partial charge on any atom is 0.290 e. The Morgan fingerprint density at radius 2 is 1.87 bits per heavy atom. The summed E-state index contributed by atoms with van der Waals surface area (Å²) in [5.74, 6) is 1.69. The summed E-state index contributed by atoms with van der Waals surface area (Å²) < 4.78 is 25.4. The molecular weight excluding hydrogens is 400 g/mol. The zero-order chi connectivity index (χ0) is 21.0. The van der Waals surface area contributed by atoms with E-state index in [4.69, 9.17) is 4.98 Å². The van der Waals surface area contributed by atoms with Crippen LogP contribution in [0.5, 0.6) is 0 Å². The SMILES string of the molecule is CN1CCN(c2nc(NCC[S+](=O)(O)NCc3ccccc3)nc3c2CCC3)CC1. The quantitative estimate of drug-likeness (QED) is 0.549. The normalized spacial score (nSPS) is 18.8. The minimum absolute atomic E-state index is 0.0874. The molecule has 1 atom stereocenters. The van der Waals surface area contributed by atoms with Gasteiger partial charge in [0.05, 0.1) is 18.8 Å². The summed E-state index contributed by atoms with van der Waals surface area (Å²) in [6.45, 7) is 4.68. The van der Waals surface area contributed by atoms with Crippen molar-refractivity contribution < 1.29 is 8.76 Å². The van der Waals surface area contributed by atoms with E-state index >= 15 is 0 Å². The Morgan fingerprint density at radius 3 is 2.63 bits per heavy atom. The van der Waals surface area contributed by atoms with E-state index in [9.17, 15) is 8.76 Å². The van der Waals surface area contributed by atoms with Gasteiger partial charge in [-0.25, -0.2) is 4.98 Å². The lowest BCUT2D eigenvalue weighted by Gasteiger charge is -2.34. The standard InChI is InChI=1S/C21H30N6O2S/c1-26-11-13-27(14-12-26)20-18-8-5-9-19(18)24-21(25-20)22-10-15-30(28,29)23-16-17-6-3-2-4-7-17/h2-4,6-7H,5,8-16H2,1H3,(H2-,22,23,24,25,28,29)/p+1. The fraction of sp³-hybridized carbons (Fsp3) is 0.524. The van der Waals surface area contributed by atoms with E-state index in [0.29, 0.717) is 19.0 Å². The topological polar surface area (TPSA) is 93.6 Å². The molecule has 4 rings (SSSR count). The van der Waals surface area contributed by atoms with Crippen molar-refractivity contribution >= 4 is 22.2 Å². The van der Waals surface area contributed by atoms with Crippen LogP contribution in [0.25, 0.3) is 0 Å². The van der Waals surface area contributed by atoms with Crippen molar-refractivity contribution in [1.29, 1.82) is 0 Å². The van der Waals surface area contributed by atoms with Gasteiger partial charge in [-0.05, 0) is 36.1 Å². The molecule has 1 fully saturated rings. The lowest BCUT2D eigenvalue weighted by Crippen LogP contribution is -2.45. The molecule has 0 spiro atoms. The first-order valence-electron chi connectivity index (χ1n) is 10.6. The molecule has 1 unspecified atom stereocenters. The molecule has 1 aliphatic carbocycles. The van der Waals surface area contributed by atoms with Crippen LogP contribution in [0.15, 0.2) is 30.3 Å². The summed E-state index contributed by atoms with van der Waals surface area (Å²) in [7, 11) is -0.986. The van der Waals surface area contributed by atoms with Crippen LogP contribution in [0, 0.1) is 0 Å². The number of piperazine rings is 1. The van der Waals surface area contributed by atoms with Crippen molar-refractivity contribution in [3.63, 3.8) is 0 Å². The fourth-order valence-corrected chi connectivity index (χ4v) is 4.85. The van der Waals surface area contributed by atoms with Gasteiger partial charge in [-0.1, -0.05) is 30.3 Å². The molecule has 1 aromatic heterocycles. The Labute approximate surface area is 179 Å². The summed E-state index contributed by atoms with van der Waals surface area (Å²) >= 11 is 0. The predicted octanol–water partition coefficient (Wildman–Crippen LogP) is 1.81. The van der Waals surface area contributed by atoms with Gasteiger partial charge >= 0.3 is 0 Å². The van der Waals surface area contributed by atoms with Crippen molar-refractivity contribution in [2.75, 3.05) is 55.7 Å². The minimum Gasteiger partial charge on any atom is -0.354 e. The second-order valence-electron chi connectivity index (χ2n) is 8.02. The van der Waals surface area contributed by atoms with Gasteiger partial charge in [0.15, 0.2) is 5.75 Å². The summed E-state index contributed by atoms with van der Waals surface area (Å²) in [5.41, 5.74) is 3.37. The van der Waals surface area contributed by atoms with Crippen molar-refractivity contribution in [2.45, 2.75) is 25.8 Å². The molecule has 0 saturated carbocycles. The van der Waals surface area contributed by atoms with Crippen molar-refractivity contribution in [3.8, 4) is 0 Å². The first kappa shape index (κ1) is 21.2. The lowest BCUT2D eigenvalue weighted by atomic mass is 10.2. The van der Waals surface area contributed by atoms with Gasteiger partial charge in [-0.3, -0.25) is 0 Å². The molecule has 0 bridgehead atoms. The Bertz CT molecular complexity index is 902. The summed E-state index contributed by atoms with van der Waals surface area (Å²) in [6, 6.07) is 9.62. The number of benzene rings is 1. The van der Waals surface area contributed by atoms with Crippen molar-refractivity contribution in [1.82, 2.24) is 19.6 Å². The average molecular weight is 432 g/mol. The third-order valence-electron chi connectivity index (χ3n) is 5.72. The smallest absolute Gasteiger partial charge is 0.290 e. The molecule has 0 amide bonds. The highest BCUT2D eigenvalue weighted by molar-refractivity contribution is 7.95. The Morgan fingerprint density at radius 1 is 1.10 bits per heavy atom. The van der Waals surface area contributed by atoms with E-state index in [1.54, 1.807) is 0 Å². The lowest BCUT2D eigenvalue weighted by molar-refractivity contribution is 0.312. The maximum absolute atomic E-state index is 12.4. The number of anilines is 2. The Balaban J connectivity index is 1.36. The number of nitrogens with zero attached hydrogens (tertiary/aromatic N) is 4. The van der Waals surface area contributed by atoms with Crippen molar-refractivity contribution in [2.24, 2.45) is 0 Å². The molecule has 1 aromatic carbocycles. The van der Waals surface area contributed by atoms with Gasteiger partial charge < -0.3 is 15.1 Å². The van der Waals surface area contributed by atoms with E-state index in [1.807, 2.05) is 30.3 Å². The van der Waals surface area contributed by atoms with E-state index in [1.165, 1.54) is 5.56 Å². The molecular formula is C21H31N6O2S+. The van der Waals surface area contributed by atoms with Crippen LogP contribution in [0.3, 0.4) is 0 Å². The molecule has 1 aliphatic heterocycles. The molecule has 2 aliphatic rings. The van der Waals surface area contributed by atoms with Crippen LogP contribution in [0.4, 0.5) is 11.8 Å². The second-order valence-corrected chi connectivity index (χ2v) is 10.00. The number of aromatic nitrogens is 2. The van der Waals surface area contributed by atoms with E-state index in [-0.39, 0.29) is 5.75 Å². The highest BCUT2D eigenvalue weighted by Crippen LogP contribution is 2.30. The summed E-state index contributed by atoms with van der Waals surface area (Å²) in [5, 5.41) is 3.18. The molecule has 9 heteroatoms. The van der Waals surface area contributed by atoms with Crippen LogP contribution in [-0.4, -0.2) is 64.9 Å². The first-order chi connectivity index (χ1) is 14.5. The van der Waals surface area contributed by atoms with E-state index < -0.39 is 10.4 Å².